The van der Waals surface area contributed by atoms with Gasteiger partial charge in [-0.1, -0.05) is 0 Å². The lowest BCUT2D eigenvalue weighted by Crippen LogP contribution is -2.38. The van der Waals surface area contributed by atoms with Crippen LogP contribution in [0.4, 0.5) is 5.69 Å². The average molecular weight is 264 g/mol. The van der Waals surface area contributed by atoms with Crippen LogP contribution in [0.2, 0.25) is 0 Å². The Kier molecular flexibility index (Phi) is 4.49. The molecule has 1 saturated heterocycles. The summed E-state index contributed by atoms with van der Waals surface area (Å²) in [5.41, 5.74) is 6.28. The molecule has 5 nitrogen and oxygen atoms in total. The highest BCUT2D eigenvalue weighted by Crippen LogP contribution is 2.29. The lowest BCUT2D eigenvalue weighted by Gasteiger charge is -2.26. The second-order valence-electron chi connectivity index (χ2n) is 4.64. The summed E-state index contributed by atoms with van der Waals surface area (Å²) in [6, 6.07) is 5.14. The predicted octanol–water partition coefficient (Wildman–Crippen LogP) is 1.67. The van der Waals surface area contributed by atoms with E-state index in [9.17, 15) is 4.79 Å². The molecule has 0 atom stereocenters. The van der Waals surface area contributed by atoms with Gasteiger partial charge in [0.05, 0.1) is 7.11 Å². The van der Waals surface area contributed by atoms with E-state index in [4.69, 9.17) is 15.2 Å². The third-order valence-electron chi connectivity index (χ3n) is 3.25. The van der Waals surface area contributed by atoms with Crippen molar-refractivity contribution in [1.82, 2.24) is 4.90 Å². The van der Waals surface area contributed by atoms with E-state index in [2.05, 4.69) is 0 Å². The van der Waals surface area contributed by atoms with E-state index < -0.39 is 0 Å². The number of nitrogen functional groups attached to an aromatic ring is 1. The molecule has 0 unspecified atom stereocenters. The first-order valence-electron chi connectivity index (χ1n) is 6.55. The van der Waals surface area contributed by atoms with Crippen LogP contribution in [-0.4, -0.2) is 37.6 Å². The summed E-state index contributed by atoms with van der Waals surface area (Å²) in [5, 5.41) is 0. The van der Waals surface area contributed by atoms with Crippen molar-refractivity contribution in [1.29, 1.82) is 0 Å². The molecule has 0 saturated carbocycles. The van der Waals surface area contributed by atoms with Crippen LogP contribution in [0.25, 0.3) is 0 Å². The second-order valence-corrected chi connectivity index (χ2v) is 4.64. The van der Waals surface area contributed by atoms with Crippen LogP contribution in [0, 0.1) is 0 Å². The molecule has 1 fully saturated rings. The number of nitrogens with two attached hydrogens (primary N) is 1. The lowest BCUT2D eigenvalue weighted by atomic mass is 10.1. The number of anilines is 1. The minimum atomic E-state index is 0.0178. The van der Waals surface area contributed by atoms with Crippen LogP contribution in [0.1, 0.15) is 19.3 Å². The molecule has 1 amide bonds. The number of methoxy groups -OCH3 is 1. The lowest BCUT2D eigenvalue weighted by molar-refractivity contribution is -0.134. The van der Waals surface area contributed by atoms with Gasteiger partial charge in [0.25, 0.3) is 5.91 Å². The predicted molar refractivity (Wildman–Crippen MR) is 73.3 cm³/mol. The Bertz CT molecular complexity index is 442. The second kappa shape index (κ2) is 6.31. The summed E-state index contributed by atoms with van der Waals surface area (Å²) < 4.78 is 10.7. The minimum Gasteiger partial charge on any atom is -0.493 e. The van der Waals surface area contributed by atoms with Crippen molar-refractivity contribution in [3.8, 4) is 11.5 Å². The quantitative estimate of drug-likeness (QED) is 0.840. The number of ether oxygens (including phenoxy) is 2. The molecule has 0 aliphatic carbocycles. The van der Waals surface area contributed by atoms with Crippen molar-refractivity contribution in [3.63, 3.8) is 0 Å². The van der Waals surface area contributed by atoms with Crippen LogP contribution in [0.15, 0.2) is 18.2 Å². The van der Waals surface area contributed by atoms with Crippen molar-refractivity contribution in [2.45, 2.75) is 19.3 Å². The van der Waals surface area contributed by atoms with E-state index in [0.717, 1.165) is 25.9 Å². The standard InChI is InChI=1S/C14H20N2O3/c1-18-12-6-5-11(15)9-13(12)19-10-14(17)16-7-3-2-4-8-16/h5-6,9H,2-4,7-8,10,15H2,1H3. The molecule has 2 N–H and O–H groups in total. The first-order chi connectivity index (χ1) is 9.20. The Morgan fingerprint density at radius 1 is 1.26 bits per heavy atom. The van der Waals surface area contributed by atoms with Crippen molar-refractivity contribution in [3.05, 3.63) is 18.2 Å². The first-order valence-corrected chi connectivity index (χ1v) is 6.55. The van der Waals surface area contributed by atoms with E-state index >= 15 is 0 Å². The maximum atomic E-state index is 12.0. The molecule has 0 aromatic heterocycles. The summed E-state index contributed by atoms with van der Waals surface area (Å²) in [6.45, 7) is 1.69. The number of carbonyl (C=O) groups is 1. The number of likely N-dealkylation sites (tertiary alicyclic amines) is 1. The molecule has 5 heteroatoms. The largest absolute Gasteiger partial charge is 0.493 e. The number of nitrogens with zero attached hydrogens (tertiary/aromatic N) is 1. The van der Waals surface area contributed by atoms with Gasteiger partial charge in [0, 0.05) is 24.8 Å². The molecular formula is C14H20N2O3. The number of benzene rings is 1. The highest BCUT2D eigenvalue weighted by molar-refractivity contribution is 5.78. The third-order valence-corrected chi connectivity index (χ3v) is 3.25. The Morgan fingerprint density at radius 2 is 2.00 bits per heavy atom. The Balaban J connectivity index is 1.94. The molecule has 0 spiro atoms. The molecule has 1 heterocycles. The van der Waals surface area contributed by atoms with Gasteiger partial charge in [-0.25, -0.2) is 0 Å². The van der Waals surface area contributed by atoms with Crippen molar-refractivity contribution < 1.29 is 14.3 Å². The van der Waals surface area contributed by atoms with Gasteiger partial charge in [-0.05, 0) is 31.4 Å². The third kappa shape index (κ3) is 3.53. The van der Waals surface area contributed by atoms with Gasteiger partial charge in [0.2, 0.25) is 0 Å². The molecule has 0 radical (unpaired) electrons. The minimum absolute atomic E-state index is 0.0178. The van der Waals surface area contributed by atoms with Crippen molar-refractivity contribution in [2.24, 2.45) is 0 Å². The molecule has 1 aliphatic heterocycles. The van der Waals surface area contributed by atoms with E-state index in [-0.39, 0.29) is 12.5 Å². The summed E-state index contributed by atoms with van der Waals surface area (Å²) in [7, 11) is 1.56. The summed E-state index contributed by atoms with van der Waals surface area (Å²) >= 11 is 0. The van der Waals surface area contributed by atoms with Gasteiger partial charge < -0.3 is 20.1 Å². The summed E-state index contributed by atoms with van der Waals surface area (Å²) in [6.07, 6.45) is 3.36. The molecule has 1 aliphatic rings. The fraction of sp³-hybridized carbons (Fsp3) is 0.500. The maximum Gasteiger partial charge on any atom is 0.260 e. The van der Waals surface area contributed by atoms with Crippen LogP contribution < -0.4 is 15.2 Å². The zero-order chi connectivity index (χ0) is 13.7. The van der Waals surface area contributed by atoms with E-state index in [1.165, 1.54) is 6.42 Å². The number of amides is 1. The summed E-state index contributed by atoms with van der Waals surface area (Å²) in [5.74, 6) is 1.11. The number of rotatable bonds is 4. The fourth-order valence-electron chi connectivity index (χ4n) is 2.18. The number of hydrogen-bond donors (Lipinski definition) is 1. The van der Waals surface area contributed by atoms with Crippen LogP contribution >= 0.6 is 0 Å². The number of piperidine rings is 1. The van der Waals surface area contributed by atoms with Crippen molar-refractivity contribution >= 4 is 11.6 Å². The van der Waals surface area contributed by atoms with Gasteiger partial charge in [0.15, 0.2) is 18.1 Å². The number of carbonyl (C=O) groups excluding carboxylic acids is 1. The zero-order valence-electron chi connectivity index (χ0n) is 11.2. The van der Waals surface area contributed by atoms with Crippen LogP contribution in [0.5, 0.6) is 11.5 Å². The molecule has 1 aromatic rings. The summed E-state index contributed by atoms with van der Waals surface area (Å²) in [4.78, 5) is 13.8. The molecule has 2 rings (SSSR count). The molecular weight excluding hydrogens is 244 g/mol. The van der Waals surface area contributed by atoms with Crippen molar-refractivity contribution in [2.75, 3.05) is 32.5 Å². The fourth-order valence-corrected chi connectivity index (χ4v) is 2.18. The van der Waals surface area contributed by atoms with Gasteiger partial charge in [-0.3, -0.25) is 4.79 Å². The van der Waals surface area contributed by atoms with E-state index in [1.807, 2.05) is 4.90 Å². The van der Waals surface area contributed by atoms with E-state index in [0.29, 0.717) is 17.2 Å². The van der Waals surface area contributed by atoms with Crippen LogP contribution in [-0.2, 0) is 4.79 Å². The Hall–Kier alpha value is -1.91. The van der Waals surface area contributed by atoms with Gasteiger partial charge in [-0.2, -0.15) is 0 Å². The smallest absolute Gasteiger partial charge is 0.260 e. The van der Waals surface area contributed by atoms with Gasteiger partial charge in [0.1, 0.15) is 0 Å². The monoisotopic (exact) mass is 264 g/mol. The maximum absolute atomic E-state index is 12.0. The SMILES string of the molecule is COc1ccc(N)cc1OCC(=O)N1CCCCC1. The molecule has 104 valence electrons. The zero-order valence-corrected chi connectivity index (χ0v) is 11.2. The highest BCUT2D eigenvalue weighted by atomic mass is 16.5. The van der Waals surface area contributed by atoms with E-state index in [1.54, 1.807) is 25.3 Å². The normalized spacial score (nSPS) is 15.1. The Morgan fingerprint density at radius 3 is 2.68 bits per heavy atom. The molecule has 19 heavy (non-hydrogen) atoms. The molecule has 1 aromatic carbocycles. The van der Waals surface area contributed by atoms with Crippen LogP contribution in [0.3, 0.4) is 0 Å². The molecule has 0 bridgehead atoms. The number of hydrogen-bond acceptors (Lipinski definition) is 4. The topological polar surface area (TPSA) is 64.8 Å². The average Bonchev–Trinajstić information content (AvgIpc) is 2.46. The Labute approximate surface area is 113 Å². The first kappa shape index (κ1) is 13.5. The van der Waals surface area contributed by atoms with Gasteiger partial charge in [-0.15, -0.1) is 0 Å². The highest BCUT2D eigenvalue weighted by Gasteiger charge is 2.17. The van der Waals surface area contributed by atoms with Gasteiger partial charge >= 0.3 is 0 Å².